The molecule has 2 rings (SSSR count). The highest BCUT2D eigenvalue weighted by Crippen LogP contribution is 2.30. The average Bonchev–Trinajstić information content (AvgIpc) is 3.21. The molecule has 0 radical (unpaired) electrons. The third kappa shape index (κ3) is 5.76. The van der Waals surface area contributed by atoms with Gasteiger partial charge in [-0.2, -0.15) is 0 Å². The molecule has 0 aromatic heterocycles. The molecule has 0 spiro atoms. The summed E-state index contributed by atoms with van der Waals surface area (Å²) >= 11 is 0. The fraction of sp³-hybridized carbons (Fsp3) is 0.667. The molecule has 1 N–H and O–H groups in total. The van der Waals surface area contributed by atoms with Crippen molar-refractivity contribution in [3.63, 3.8) is 0 Å². The number of nitrogens with zero attached hydrogens (tertiary/aromatic N) is 1. The van der Waals surface area contributed by atoms with E-state index in [0.717, 1.165) is 43.2 Å². The largest absolute Gasteiger partial charge is 0.308 e. The van der Waals surface area contributed by atoms with Gasteiger partial charge in [0.1, 0.15) is 5.82 Å². The molecule has 0 saturated heterocycles. The summed E-state index contributed by atoms with van der Waals surface area (Å²) in [6.45, 7) is 12.2. The van der Waals surface area contributed by atoms with Crippen LogP contribution >= 0.6 is 0 Å². The molecule has 1 aliphatic rings. The van der Waals surface area contributed by atoms with Gasteiger partial charge in [0, 0.05) is 30.7 Å². The van der Waals surface area contributed by atoms with Crippen LogP contribution in [0.4, 0.5) is 4.39 Å². The van der Waals surface area contributed by atoms with E-state index >= 15 is 0 Å². The molecule has 1 fully saturated rings. The van der Waals surface area contributed by atoms with Crippen molar-refractivity contribution in [1.82, 2.24) is 10.2 Å². The molecule has 1 saturated carbocycles. The number of hydrogen-bond donors (Lipinski definition) is 1. The molecule has 118 valence electrons. The maximum absolute atomic E-state index is 14.0. The predicted octanol–water partition coefficient (Wildman–Crippen LogP) is 3.95. The summed E-state index contributed by atoms with van der Waals surface area (Å²) in [6, 6.07) is 5.51. The Bertz CT molecular complexity index is 461. The Morgan fingerprint density at radius 2 is 2.00 bits per heavy atom. The van der Waals surface area contributed by atoms with E-state index < -0.39 is 0 Å². The van der Waals surface area contributed by atoms with Gasteiger partial charge in [0.25, 0.3) is 0 Å². The summed E-state index contributed by atoms with van der Waals surface area (Å²) in [4.78, 5) is 2.36. The summed E-state index contributed by atoms with van der Waals surface area (Å²) < 4.78 is 14.0. The van der Waals surface area contributed by atoms with Crippen LogP contribution < -0.4 is 5.32 Å². The average molecular weight is 292 g/mol. The summed E-state index contributed by atoms with van der Waals surface area (Å²) in [5.74, 6) is 0.766. The van der Waals surface area contributed by atoms with Crippen molar-refractivity contribution in [2.24, 2.45) is 5.92 Å². The third-order valence-electron chi connectivity index (χ3n) is 3.99. The number of halogens is 1. The molecule has 3 heteroatoms. The summed E-state index contributed by atoms with van der Waals surface area (Å²) in [5.41, 5.74) is 2.06. The van der Waals surface area contributed by atoms with Crippen LogP contribution in [0.2, 0.25) is 0 Å². The second-order valence-electron chi connectivity index (χ2n) is 7.30. The van der Waals surface area contributed by atoms with Crippen LogP contribution in [-0.4, -0.2) is 23.5 Å². The van der Waals surface area contributed by atoms with Crippen molar-refractivity contribution >= 4 is 0 Å². The van der Waals surface area contributed by atoms with Crippen molar-refractivity contribution in [1.29, 1.82) is 0 Å². The second-order valence-corrected chi connectivity index (χ2v) is 7.30. The maximum Gasteiger partial charge on any atom is 0.127 e. The van der Waals surface area contributed by atoms with Crippen LogP contribution in [0.25, 0.3) is 0 Å². The highest BCUT2D eigenvalue weighted by molar-refractivity contribution is 5.25. The van der Waals surface area contributed by atoms with E-state index in [9.17, 15) is 4.39 Å². The van der Waals surface area contributed by atoms with Gasteiger partial charge in [0.15, 0.2) is 0 Å². The lowest BCUT2D eigenvalue weighted by Gasteiger charge is -2.22. The molecule has 1 aliphatic carbocycles. The summed E-state index contributed by atoms with van der Waals surface area (Å²) in [6.07, 6.45) is 2.68. The lowest BCUT2D eigenvalue weighted by Crippen LogP contribution is -2.35. The van der Waals surface area contributed by atoms with Crippen LogP contribution in [0, 0.1) is 11.7 Å². The van der Waals surface area contributed by atoms with Crippen LogP contribution in [0.3, 0.4) is 0 Å². The number of hydrogen-bond acceptors (Lipinski definition) is 2. The SMILES string of the molecule is CCN(Cc1cc(CNC(C)(C)C)ccc1F)CC1CC1. The second kappa shape index (κ2) is 6.89. The normalized spacial score (nSPS) is 15.7. The molecule has 0 heterocycles. The molecular formula is C18H29FN2. The van der Waals surface area contributed by atoms with Crippen molar-refractivity contribution in [3.05, 3.63) is 35.1 Å². The first-order valence-electron chi connectivity index (χ1n) is 8.12. The number of nitrogens with one attached hydrogen (secondary N) is 1. The van der Waals surface area contributed by atoms with E-state index in [1.165, 1.54) is 12.8 Å². The lowest BCUT2D eigenvalue weighted by atomic mass is 10.1. The lowest BCUT2D eigenvalue weighted by molar-refractivity contribution is 0.264. The Hall–Kier alpha value is -0.930. The Morgan fingerprint density at radius 1 is 1.29 bits per heavy atom. The standard InChI is InChI=1S/C18H29FN2/c1-5-21(12-14-6-7-14)13-16-10-15(8-9-17(16)19)11-20-18(2,3)4/h8-10,14,20H,5-7,11-13H2,1-4H3. The van der Waals surface area contributed by atoms with Gasteiger partial charge >= 0.3 is 0 Å². The van der Waals surface area contributed by atoms with Crippen LogP contribution in [0.5, 0.6) is 0 Å². The first-order valence-corrected chi connectivity index (χ1v) is 8.12. The molecule has 21 heavy (non-hydrogen) atoms. The van der Waals surface area contributed by atoms with Crippen molar-refractivity contribution in [2.75, 3.05) is 13.1 Å². The minimum absolute atomic E-state index is 0.0793. The molecular weight excluding hydrogens is 263 g/mol. The quantitative estimate of drug-likeness (QED) is 0.818. The van der Waals surface area contributed by atoms with E-state index in [-0.39, 0.29) is 11.4 Å². The van der Waals surface area contributed by atoms with Gasteiger partial charge in [-0.25, -0.2) is 4.39 Å². The first-order chi connectivity index (χ1) is 9.87. The predicted molar refractivity (Wildman–Crippen MR) is 86.7 cm³/mol. The molecule has 0 unspecified atom stereocenters. The molecule has 2 nitrogen and oxygen atoms in total. The van der Waals surface area contributed by atoms with E-state index in [1.807, 2.05) is 12.1 Å². The summed E-state index contributed by atoms with van der Waals surface area (Å²) in [5, 5.41) is 3.46. The maximum atomic E-state index is 14.0. The van der Waals surface area contributed by atoms with Gasteiger partial charge in [-0.05, 0) is 57.7 Å². The first kappa shape index (κ1) is 16.4. The minimum Gasteiger partial charge on any atom is -0.308 e. The zero-order valence-electron chi connectivity index (χ0n) is 13.9. The van der Waals surface area contributed by atoms with Crippen molar-refractivity contribution in [2.45, 2.75) is 59.2 Å². The van der Waals surface area contributed by atoms with E-state index in [0.29, 0.717) is 0 Å². The monoisotopic (exact) mass is 292 g/mol. The molecule has 1 aromatic rings. The van der Waals surface area contributed by atoms with Gasteiger partial charge in [-0.1, -0.05) is 19.1 Å². The van der Waals surface area contributed by atoms with Gasteiger partial charge in [-0.15, -0.1) is 0 Å². The topological polar surface area (TPSA) is 15.3 Å². The minimum atomic E-state index is -0.0799. The molecule has 0 atom stereocenters. The fourth-order valence-electron chi connectivity index (χ4n) is 2.44. The molecule has 0 bridgehead atoms. The van der Waals surface area contributed by atoms with Crippen LogP contribution in [0.15, 0.2) is 18.2 Å². The number of rotatable bonds is 7. The Morgan fingerprint density at radius 3 is 2.57 bits per heavy atom. The number of benzene rings is 1. The van der Waals surface area contributed by atoms with Crippen molar-refractivity contribution < 1.29 is 4.39 Å². The molecule has 0 amide bonds. The van der Waals surface area contributed by atoms with Crippen LogP contribution in [0.1, 0.15) is 51.7 Å². The third-order valence-corrected chi connectivity index (χ3v) is 3.99. The van der Waals surface area contributed by atoms with Gasteiger partial charge in [0.2, 0.25) is 0 Å². The Balaban J connectivity index is 1.99. The zero-order chi connectivity index (χ0) is 15.5. The van der Waals surface area contributed by atoms with E-state index in [2.05, 4.69) is 37.9 Å². The van der Waals surface area contributed by atoms with E-state index in [1.54, 1.807) is 6.07 Å². The van der Waals surface area contributed by atoms with Gasteiger partial charge in [-0.3, -0.25) is 4.90 Å². The zero-order valence-corrected chi connectivity index (χ0v) is 13.9. The summed E-state index contributed by atoms with van der Waals surface area (Å²) in [7, 11) is 0. The Labute approximate surface area is 128 Å². The van der Waals surface area contributed by atoms with Crippen LogP contribution in [-0.2, 0) is 13.1 Å². The van der Waals surface area contributed by atoms with Crippen molar-refractivity contribution in [3.8, 4) is 0 Å². The van der Waals surface area contributed by atoms with Gasteiger partial charge < -0.3 is 5.32 Å². The highest BCUT2D eigenvalue weighted by Gasteiger charge is 2.24. The molecule has 1 aromatic carbocycles. The molecule has 0 aliphatic heterocycles. The smallest absolute Gasteiger partial charge is 0.127 e. The highest BCUT2D eigenvalue weighted by atomic mass is 19.1. The fourth-order valence-corrected chi connectivity index (χ4v) is 2.44. The Kier molecular flexibility index (Phi) is 5.39. The van der Waals surface area contributed by atoms with Gasteiger partial charge in [0.05, 0.1) is 0 Å². The van der Waals surface area contributed by atoms with E-state index in [4.69, 9.17) is 0 Å².